The summed E-state index contributed by atoms with van der Waals surface area (Å²) in [5.74, 6) is -0.120. The maximum absolute atomic E-state index is 13.1. The molecule has 3 heterocycles. The van der Waals surface area contributed by atoms with Gasteiger partial charge in [0.05, 0.1) is 12.0 Å². The minimum Gasteiger partial charge on any atom is -0.335 e. The Labute approximate surface area is 147 Å². The van der Waals surface area contributed by atoms with E-state index in [1.165, 1.54) is 0 Å². The standard InChI is InChI=1S/C20H21N3O2/c24-19-13-16(14-23(19)17-5-2-1-3-6-17)20(25)22-12-4-7-18(22)15-8-10-21-11-9-15/h1-3,5-6,8-11,16,18H,4,7,12-14H2/t16-,18+/m1/s1. The molecule has 2 aromatic rings. The molecule has 0 saturated carbocycles. The van der Waals surface area contributed by atoms with Crippen LogP contribution in [0.3, 0.4) is 0 Å². The monoisotopic (exact) mass is 335 g/mol. The van der Waals surface area contributed by atoms with Crippen LogP contribution in [0.5, 0.6) is 0 Å². The van der Waals surface area contributed by atoms with E-state index in [1.807, 2.05) is 47.4 Å². The Morgan fingerprint density at radius 3 is 2.60 bits per heavy atom. The zero-order valence-electron chi connectivity index (χ0n) is 14.0. The van der Waals surface area contributed by atoms with Gasteiger partial charge in [-0.1, -0.05) is 18.2 Å². The predicted molar refractivity (Wildman–Crippen MR) is 94.8 cm³/mol. The molecule has 0 spiro atoms. The first-order valence-corrected chi connectivity index (χ1v) is 8.80. The molecule has 1 aromatic heterocycles. The molecular weight excluding hydrogens is 314 g/mol. The van der Waals surface area contributed by atoms with E-state index in [4.69, 9.17) is 0 Å². The number of pyridine rings is 1. The van der Waals surface area contributed by atoms with E-state index in [2.05, 4.69) is 4.98 Å². The summed E-state index contributed by atoms with van der Waals surface area (Å²) >= 11 is 0. The van der Waals surface area contributed by atoms with E-state index >= 15 is 0 Å². The van der Waals surface area contributed by atoms with Gasteiger partial charge in [-0.15, -0.1) is 0 Å². The van der Waals surface area contributed by atoms with Gasteiger partial charge >= 0.3 is 0 Å². The molecule has 2 fully saturated rings. The van der Waals surface area contributed by atoms with Crippen molar-refractivity contribution < 1.29 is 9.59 Å². The Morgan fingerprint density at radius 2 is 1.84 bits per heavy atom. The molecule has 2 aliphatic rings. The quantitative estimate of drug-likeness (QED) is 0.867. The number of rotatable bonds is 3. The maximum Gasteiger partial charge on any atom is 0.228 e. The normalized spacial score (nSPS) is 23.3. The van der Waals surface area contributed by atoms with Gasteiger partial charge in [0, 0.05) is 37.6 Å². The second-order valence-corrected chi connectivity index (χ2v) is 6.71. The van der Waals surface area contributed by atoms with Crippen LogP contribution in [-0.4, -0.2) is 34.8 Å². The number of para-hydroxylation sites is 1. The Balaban J connectivity index is 1.50. The molecule has 0 N–H and O–H groups in total. The molecule has 25 heavy (non-hydrogen) atoms. The Morgan fingerprint density at radius 1 is 1.08 bits per heavy atom. The number of nitrogens with zero attached hydrogens (tertiary/aromatic N) is 3. The van der Waals surface area contributed by atoms with Crippen LogP contribution >= 0.6 is 0 Å². The fourth-order valence-electron chi connectivity index (χ4n) is 3.93. The van der Waals surface area contributed by atoms with Crippen molar-refractivity contribution in [2.45, 2.75) is 25.3 Å². The summed E-state index contributed by atoms with van der Waals surface area (Å²) in [7, 11) is 0. The topological polar surface area (TPSA) is 53.5 Å². The zero-order valence-corrected chi connectivity index (χ0v) is 14.0. The summed E-state index contributed by atoms with van der Waals surface area (Å²) < 4.78 is 0. The average Bonchev–Trinajstić information content (AvgIpc) is 3.29. The Hall–Kier alpha value is -2.69. The average molecular weight is 335 g/mol. The zero-order chi connectivity index (χ0) is 17.2. The third-order valence-electron chi connectivity index (χ3n) is 5.17. The van der Waals surface area contributed by atoms with Gasteiger partial charge in [-0.2, -0.15) is 0 Å². The molecule has 2 amide bonds. The molecule has 5 nitrogen and oxygen atoms in total. The molecule has 4 rings (SSSR count). The third-order valence-corrected chi connectivity index (χ3v) is 5.17. The first-order chi connectivity index (χ1) is 12.2. The third kappa shape index (κ3) is 3.02. The van der Waals surface area contributed by atoms with Crippen molar-refractivity contribution in [3.8, 4) is 0 Å². The lowest BCUT2D eigenvalue weighted by Gasteiger charge is -2.27. The van der Waals surface area contributed by atoms with Crippen molar-refractivity contribution >= 4 is 17.5 Å². The Kier molecular flexibility index (Phi) is 4.22. The summed E-state index contributed by atoms with van der Waals surface area (Å²) in [6.45, 7) is 1.24. The highest BCUT2D eigenvalue weighted by Gasteiger charge is 2.40. The summed E-state index contributed by atoms with van der Waals surface area (Å²) in [5, 5.41) is 0. The van der Waals surface area contributed by atoms with Gasteiger partial charge in [-0.05, 0) is 42.7 Å². The van der Waals surface area contributed by atoms with Crippen molar-refractivity contribution in [2.75, 3.05) is 18.0 Å². The summed E-state index contributed by atoms with van der Waals surface area (Å²) in [6.07, 6.45) is 5.81. The van der Waals surface area contributed by atoms with Crippen molar-refractivity contribution in [3.05, 3.63) is 60.4 Å². The lowest BCUT2D eigenvalue weighted by molar-refractivity contribution is -0.136. The lowest BCUT2D eigenvalue weighted by atomic mass is 10.0. The fourth-order valence-corrected chi connectivity index (χ4v) is 3.93. The highest BCUT2D eigenvalue weighted by Crippen LogP contribution is 2.35. The maximum atomic E-state index is 13.1. The number of amides is 2. The predicted octanol–water partition coefficient (Wildman–Crippen LogP) is 2.80. The van der Waals surface area contributed by atoms with Gasteiger partial charge in [0.25, 0.3) is 0 Å². The van der Waals surface area contributed by atoms with Crippen molar-refractivity contribution in [2.24, 2.45) is 5.92 Å². The number of hydrogen-bond donors (Lipinski definition) is 0. The van der Waals surface area contributed by atoms with E-state index in [0.29, 0.717) is 13.0 Å². The highest BCUT2D eigenvalue weighted by molar-refractivity contribution is 6.00. The van der Waals surface area contributed by atoms with Gasteiger partial charge in [0.15, 0.2) is 0 Å². The second-order valence-electron chi connectivity index (χ2n) is 6.71. The van der Waals surface area contributed by atoms with Crippen LogP contribution in [0, 0.1) is 5.92 Å². The molecular formula is C20H21N3O2. The van der Waals surface area contributed by atoms with Crippen LogP contribution in [0.15, 0.2) is 54.9 Å². The van der Waals surface area contributed by atoms with Crippen LogP contribution in [0.4, 0.5) is 5.69 Å². The number of hydrogen-bond acceptors (Lipinski definition) is 3. The molecule has 2 atom stereocenters. The van der Waals surface area contributed by atoms with Crippen LogP contribution < -0.4 is 4.90 Å². The minimum atomic E-state index is -0.254. The van der Waals surface area contributed by atoms with Crippen molar-refractivity contribution in [1.29, 1.82) is 0 Å². The highest BCUT2D eigenvalue weighted by atomic mass is 16.2. The smallest absolute Gasteiger partial charge is 0.228 e. The van der Waals surface area contributed by atoms with E-state index < -0.39 is 0 Å². The summed E-state index contributed by atoms with van der Waals surface area (Å²) in [4.78, 5) is 33.2. The van der Waals surface area contributed by atoms with Gasteiger partial charge in [-0.25, -0.2) is 0 Å². The van der Waals surface area contributed by atoms with Crippen LogP contribution in [-0.2, 0) is 9.59 Å². The van der Waals surface area contributed by atoms with Crippen LogP contribution in [0.2, 0.25) is 0 Å². The number of carbonyl (C=O) groups excluding carboxylic acids is 2. The molecule has 2 aliphatic heterocycles. The van der Waals surface area contributed by atoms with E-state index in [9.17, 15) is 9.59 Å². The van der Waals surface area contributed by atoms with Gasteiger partial charge in [-0.3, -0.25) is 14.6 Å². The van der Waals surface area contributed by atoms with Crippen LogP contribution in [0.1, 0.15) is 30.9 Å². The first kappa shape index (κ1) is 15.8. The molecule has 0 unspecified atom stereocenters. The van der Waals surface area contributed by atoms with E-state index in [-0.39, 0.29) is 23.8 Å². The lowest BCUT2D eigenvalue weighted by Crippen LogP contribution is -2.37. The van der Waals surface area contributed by atoms with E-state index in [0.717, 1.165) is 30.6 Å². The van der Waals surface area contributed by atoms with Gasteiger partial charge in [0.2, 0.25) is 11.8 Å². The molecule has 0 bridgehead atoms. The number of benzene rings is 1. The number of anilines is 1. The number of aromatic nitrogens is 1. The van der Waals surface area contributed by atoms with Crippen molar-refractivity contribution in [1.82, 2.24) is 9.88 Å². The number of carbonyl (C=O) groups is 2. The Bertz CT molecular complexity index is 763. The number of likely N-dealkylation sites (tertiary alicyclic amines) is 1. The van der Waals surface area contributed by atoms with Gasteiger partial charge < -0.3 is 9.80 Å². The SMILES string of the molecule is O=C1C[C@@H](C(=O)N2CCC[C@H]2c2ccncc2)CN1c1ccccc1. The minimum absolute atomic E-state index is 0.0317. The molecule has 0 aliphatic carbocycles. The molecule has 0 radical (unpaired) electrons. The molecule has 1 aromatic carbocycles. The second kappa shape index (κ2) is 6.67. The molecule has 2 saturated heterocycles. The van der Waals surface area contributed by atoms with Crippen molar-refractivity contribution in [3.63, 3.8) is 0 Å². The summed E-state index contributed by atoms with van der Waals surface area (Å²) in [5.41, 5.74) is 2.00. The fraction of sp³-hybridized carbons (Fsp3) is 0.350. The molecule has 5 heteroatoms. The van der Waals surface area contributed by atoms with E-state index in [1.54, 1.807) is 17.3 Å². The largest absolute Gasteiger partial charge is 0.335 e. The summed E-state index contributed by atoms with van der Waals surface area (Å²) in [6, 6.07) is 13.7. The first-order valence-electron chi connectivity index (χ1n) is 8.80. The van der Waals surface area contributed by atoms with Crippen LogP contribution in [0.25, 0.3) is 0 Å². The molecule has 128 valence electrons. The van der Waals surface area contributed by atoms with Gasteiger partial charge in [0.1, 0.15) is 0 Å².